The van der Waals surface area contributed by atoms with Crippen molar-refractivity contribution in [1.82, 2.24) is 0 Å². The molecular weight excluding hydrogens is 285 g/mol. The van der Waals surface area contributed by atoms with Gasteiger partial charge in [-0.15, -0.1) is 0 Å². The third kappa shape index (κ3) is 4.53. The first-order valence-corrected chi connectivity index (χ1v) is 7.42. The van der Waals surface area contributed by atoms with Crippen molar-refractivity contribution in [1.29, 1.82) is 0 Å². The molecule has 1 aliphatic heterocycles. The van der Waals surface area contributed by atoms with Gasteiger partial charge in [-0.3, -0.25) is 0 Å². The van der Waals surface area contributed by atoms with Gasteiger partial charge in [-0.1, -0.05) is 23.2 Å². The van der Waals surface area contributed by atoms with Gasteiger partial charge in [-0.2, -0.15) is 0 Å². The second-order valence-corrected chi connectivity index (χ2v) is 5.69. The molecule has 19 heavy (non-hydrogen) atoms. The van der Waals surface area contributed by atoms with Gasteiger partial charge < -0.3 is 14.4 Å². The average Bonchev–Trinajstić information content (AvgIpc) is 2.38. The van der Waals surface area contributed by atoms with Crippen LogP contribution in [-0.2, 0) is 4.74 Å². The fourth-order valence-corrected chi connectivity index (χ4v) is 2.93. The maximum absolute atomic E-state index is 6.13. The highest BCUT2D eigenvalue weighted by molar-refractivity contribution is 6.35. The SMILES string of the molecule is Cc1cc(Cl)cc(Cl)c1OCCC[NH+]1CCOCC1. The van der Waals surface area contributed by atoms with Crippen LogP contribution in [0, 0.1) is 6.92 Å². The molecule has 1 fully saturated rings. The van der Waals surface area contributed by atoms with Gasteiger partial charge in [0.1, 0.15) is 18.8 Å². The topological polar surface area (TPSA) is 22.9 Å². The highest BCUT2D eigenvalue weighted by Gasteiger charge is 2.13. The zero-order chi connectivity index (χ0) is 13.7. The molecule has 3 nitrogen and oxygen atoms in total. The molecule has 1 aromatic carbocycles. The van der Waals surface area contributed by atoms with E-state index in [0.29, 0.717) is 16.7 Å². The van der Waals surface area contributed by atoms with Crippen molar-refractivity contribution < 1.29 is 14.4 Å². The standard InChI is InChI=1S/C14H19Cl2NO2/c1-11-9-12(15)10-13(16)14(11)19-6-2-3-17-4-7-18-8-5-17/h9-10H,2-8H2,1H3/p+1. The number of rotatable bonds is 5. The number of halogens is 2. The molecule has 0 atom stereocenters. The van der Waals surface area contributed by atoms with Crippen molar-refractivity contribution in [2.75, 3.05) is 39.5 Å². The van der Waals surface area contributed by atoms with Crippen LogP contribution in [-0.4, -0.2) is 39.5 Å². The predicted molar refractivity (Wildman–Crippen MR) is 77.7 cm³/mol. The molecular formula is C14H20Cl2NO2+. The summed E-state index contributed by atoms with van der Waals surface area (Å²) in [5.74, 6) is 0.753. The van der Waals surface area contributed by atoms with Gasteiger partial charge in [0.05, 0.1) is 31.4 Å². The monoisotopic (exact) mass is 304 g/mol. The van der Waals surface area contributed by atoms with E-state index in [9.17, 15) is 0 Å². The summed E-state index contributed by atoms with van der Waals surface area (Å²) >= 11 is 12.1. The lowest BCUT2D eigenvalue weighted by atomic mass is 10.2. The first-order chi connectivity index (χ1) is 9.16. The molecule has 1 N–H and O–H groups in total. The van der Waals surface area contributed by atoms with Crippen LogP contribution < -0.4 is 9.64 Å². The maximum atomic E-state index is 6.13. The van der Waals surface area contributed by atoms with Gasteiger partial charge in [0.25, 0.3) is 0 Å². The molecule has 0 amide bonds. The van der Waals surface area contributed by atoms with Crippen molar-refractivity contribution in [3.63, 3.8) is 0 Å². The molecule has 0 saturated carbocycles. The Morgan fingerprint density at radius 2 is 2.00 bits per heavy atom. The van der Waals surface area contributed by atoms with Crippen LogP contribution in [0.15, 0.2) is 12.1 Å². The lowest BCUT2D eigenvalue weighted by Crippen LogP contribution is -3.14. The van der Waals surface area contributed by atoms with E-state index in [1.807, 2.05) is 13.0 Å². The van der Waals surface area contributed by atoms with E-state index in [1.165, 1.54) is 0 Å². The van der Waals surface area contributed by atoms with Crippen LogP contribution in [0.5, 0.6) is 5.75 Å². The molecule has 2 rings (SSSR count). The molecule has 0 aliphatic carbocycles. The summed E-state index contributed by atoms with van der Waals surface area (Å²) in [5.41, 5.74) is 0.983. The summed E-state index contributed by atoms with van der Waals surface area (Å²) in [5, 5.41) is 1.23. The Balaban J connectivity index is 1.76. The molecule has 1 aliphatic rings. The highest BCUT2D eigenvalue weighted by Crippen LogP contribution is 2.31. The van der Waals surface area contributed by atoms with Crippen LogP contribution in [0.25, 0.3) is 0 Å². The Hall–Kier alpha value is -0.480. The van der Waals surface area contributed by atoms with Gasteiger partial charge in [0.15, 0.2) is 0 Å². The van der Waals surface area contributed by atoms with Crippen molar-refractivity contribution in [3.8, 4) is 5.75 Å². The Morgan fingerprint density at radius 1 is 1.26 bits per heavy atom. The summed E-state index contributed by atoms with van der Waals surface area (Å²) in [6.45, 7) is 7.71. The molecule has 5 heteroatoms. The van der Waals surface area contributed by atoms with Crippen molar-refractivity contribution >= 4 is 23.2 Å². The second-order valence-electron chi connectivity index (χ2n) is 4.85. The maximum Gasteiger partial charge on any atom is 0.140 e. The summed E-state index contributed by atoms with van der Waals surface area (Å²) in [6, 6.07) is 3.59. The quantitative estimate of drug-likeness (QED) is 0.841. The normalized spacial score (nSPS) is 16.6. The van der Waals surface area contributed by atoms with Gasteiger partial charge >= 0.3 is 0 Å². The molecule has 1 aromatic rings. The third-order valence-corrected chi connectivity index (χ3v) is 3.81. The van der Waals surface area contributed by atoms with E-state index >= 15 is 0 Å². The van der Waals surface area contributed by atoms with Gasteiger partial charge in [0, 0.05) is 11.4 Å². The van der Waals surface area contributed by atoms with Gasteiger partial charge in [-0.25, -0.2) is 0 Å². The minimum Gasteiger partial charge on any atom is -0.492 e. The Labute approximate surface area is 124 Å². The number of hydrogen-bond donors (Lipinski definition) is 1. The predicted octanol–water partition coefficient (Wildman–Crippen LogP) is 1.99. The second kappa shape index (κ2) is 7.34. The minimum absolute atomic E-state index is 0.587. The van der Waals surface area contributed by atoms with Crippen molar-refractivity contribution in [2.45, 2.75) is 13.3 Å². The van der Waals surface area contributed by atoms with E-state index < -0.39 is 0 Å². The van der Waals surface area contributed by atoms with Crippen LogP contribution in [0.4, 0.5) is 0 Å². The smallest absolute Gasteiger partial charge is 0.140 e. The minimum atomic E-state index is 0.587. The molecule has 106 valence electrons. The molecule has 1 heterocycles. The molecule has 0 aromatic heterocycles. The Bertz CT molecular complexity index is 397. The van der Waals surface area contributed by atoms with Gasteiger partial charge in [0.2, 0.25) is 0 Å². The summed E-state index contributed by atoms with van der Waals surface area (Å²) in [7, 11) is 0. The number of nitrogens with one attached hydrogen (secondary N) is 1. The van der Waals surface area contributed by atoms with Crippen LogP contribution in [0.2, 0.25) is 10.0 Å². The highest BCUT2D eigenvalue weighted by atomic mass is 35.5. The van der Waals surface area contributed by atoms with Crippen LogP contribution in [0.1, 0.15) is 12.0 Å². The summed E-state index contributed by atoms with van der Waals surface area (Å²) < 4.78 is 11.1. The first-order valence-electron chi connectivity index (χ1n) is 6.66. The van der Waals surface area contributed by atoms with Crippen LogP contribution >= 0.6 is 23.2 Å². The van der Waals surface area contributed by atoms with E-state index in [-0.39, 0.29) is 0 Å². The fourth-order valence-electron chi connectivity index (χ4n) is 2.28. The van der Waals surface area contributed by atoms with E-state index in [2.05, 4.69) is 0 Å². The number of benzene rings is 1. The third-order valence-electron chi connectivity index (χ3n) is 3.32. The Kier molecular flexibility index (Phi) is 5.76. The van der Waals surface area contributed by atoms with Crippen molar-refractivity contribution in [2.24, 2.45) is 0 Å². The van der Waals surface area contributed by atoms with E-state index in [0.717, 1.165) is 50.6 Å². The fraction of sp³-hybridized carbons (Fsp3) is 0.571. The number of aryl methyl sites for hydroxylation is 1. The van der Waals surface area contributed by atoms with Gasteiger partial charge in [-0.05, 0) is 24.6 Å². The number of quaternary nitrogens is 1. The zero-order valence-electron chi connectivity index (χ0n) is 11.2. The largest absolute Gasteiger partial charge is 0.492 e. The van der Waals surface area contributed by atoms with Crippen LogP contribution in [0.3, 0.4) is 0 Å². The van der Waals surface area contributed by atoms with E-state index in [4.69, 9.17) is 32.7 Å². The van der Waals surface area contributed by atoms with E-state index in [1.54, 1.807) is 11.0 Å². The molecule has 0 radical (unpaired) electrons. The average molecular weight is 305 g/mol. The van der Waals surface area contributed by atoms with Crippen molar-refractivity contribution in [3.05, 3.63) is 27.7 Å². The number of morpholine rings is 1. The lowest BCUT2D eigenvalue weighted by molar-refractivity contribution is -0.908. The molecule has 0 spiro atoms. The summed E-state index contributed by atoms with van der Waals surface area (Å²) in [4.78, 5) is 1.59. The Morgan fingerprint density at radius 3 is 2.68 bits per heavy atom. The molecule has 0 unspecified atom stereocenters. The molecule has 1 saturated heterocycles. The molecule has 0 bridgehead atoms. The lowest BCUT2D eigenvalue weighted by Gasteiger charge is -2.23. The number of ether oxygens (including phenoxy) is 2. The number of hydrogen-bond acceptors (Lipinski definition) is 2. The summed E-state index contributed by atoms with van der Waals surface area (Å²) in [6.07, 6.45) is 1.02. The zero-order valence-corrected chi connectivity index (χ0v) is 12.7. The first kappa shape index (κ1) is 14.9.